The molecule has 148 valence electrons. The van der Waals surface area contributed by atoms with Crippen molar-refractivity contribution in [2.45, 2.75) is 0 Å². The van der Waals surface area contributed by atoms with E-state index in [-0.39, 0.29) is 0 Å². The molecule has 0 atom stereocenters. The molecular weight excluding hydrogens is 400 g/mol. The van der Waals surface area contributed by atoms with Gasteiger partial charge in [-0.3, -0.25) is 4.57 Å². The molecule has 0 aliphatic rings. The Balaban J connectivity index is 1.90. The van der Waals surface area contributed by atoms with Crippen molar-refractivity contribution in [1.82, 2.24) is 19.5 Å². The molecule has 0 saturated heterocycles. The zero-order valence-corrected chi connectivity index (χ0v) is 17.1. The summed E-state index contributed by atoms with van der Waals surface area (Å²) in [5.41, 5.74) is 4.29. The van der Waals surface area contributed by atoms with Crippen LogP contribution in [0.5, 0.6) is 11.5 Å². The molecule has 7 heteroatoms. The minimum atomic E-state index is 0.533. The molecule has 5 aromatic rings. The standard InChI is InChI=1S/C23H17ClN4O2/c1-29-15-11-14(12-16(13-15)30-2)28-22(17-7-3-4-8-18(17)24)27-21-23(28)26-20-10-6-5-9-19(20)25-21/h3-13H,1-2H3. The molecule has 0 radical (unpaired) electrons. The lowest BCUT2D eigenvalue weighted by atomic mass is 10.2. The highest BCUT2D eigenvalue weighted by Crippen LogP contribution is 2.34. The summed E-state index contributed by atoms with van der Waals surface area (Å²) in [5.74, 6) is 1.95. The summed E-state index contributed by atoms with van der Waals surface area (Å²) in [7, 11) is 3.24. The van der Waals surface area contributed by atoms with Crippen LogP contribution >= 0.6 is 11.6 Å². The van der Waals surface area contributed by atoms with E-state index in [2.05, 4.69) is 0 Å². The van der Waals surface area contributed by atoms with Crippen molar-refractivity contribution < 1.29 is 9.47 Å². The highest BCUT2D eigenvalue weighted by Gasteiger charge is 2.20. The van der Waals surface area contributed by atoms with Crippen LogP contribution in [0.25, 0.3) is 39.4 Å². The molecular formula is C23H17ClN4O2. The van der Waals surface area contributed by atoms with Gasteiger partial charge in [0.15, 0.2) is 11.3 Å². The fraction of sp³-hybridized carbons (Fsp3) is 0.0870. The van der Waals surface area contributed by atoms with E-state index in [0.29, 0.717) is 33.6 Å². The Hall–Kier alpha value is -3.64. The molecule has 0 aliphatic heterocycles. The van der Waals surface area contributed by atoms with E-state index in [1.54, 1.807) is 14.2 Å². The van der Waals surface area contributed by atoms with Gasteiger partial charge in [0, 0.05) is 23.8 Å². The summed E-state index contributed by atoms with van der Waals surface area (Å²) in [6, 6.07) is 20.9. The number of hydrogen-bond donors (Lipinski definition) is 0. The van der Waals surface area contributed by atoms with Crippen LogP contribution in [0.3, 0.4) is 0 Å². The molecule has 30 heavy (non-hydrogen) atoms. The Bertz CT molecular complexity index is 1370. The number of ether oxygens (including phenoxy) is 2. The van der Waals surface area contributed by atoms with Gasteiger partial charge in [0.2, 0.25) is 0 Å². The SMILES string of the molecule is COc1cc(OC)cc(-n2c(-c3ccccc3Cl)nc3nc4ccccc4nc32)c1. The number of halogens is 1. The maximum Gasteiger partial charge on any atom is 0.199 e. The van der Waals surface area contributed by atoms with Crippen LogP contribution in [-0.2, 0) is 0 Å². The van der Waals surface area contributed by atoms with Gasteiger partial charge in [0.1, 0.15) is 17.3 Å². The van der Waals surface area contributed by atoms with Gasteiger partial charge in [-0.2, -0.15) is 0 Å². The van der Waals surface area contributed by atoms with Gasteiger partial charge in [-0.1, -0.05) is 35.9 Å². The number of benzene rings is 3. The number of hydrogen-bond acceptors (Lipinski definition) is 5. The van der Waals surface area contributed by atoms with Crippen LogP contribution in [0.1, 0.15) is 0 Å². The topological polar surface area (TPSA) is 62.1 Å². The summed E-state index contributed by atoms with van der Waals surface area (Å²) < 4.78 is 12.9. The van der Waals surface area contributed by atoms with Crippen LogP contribution in [0, 0.1) is 0 Å². The summed E-state index contributed by atoms with van der Waals surface area (Å²) in [6.07, 6.45) is 0. The molecule has 5 rings (SSSR count). The highest BCUT2D eigenvalue weighted by molar-refractivity contribution is 6.33. The van der Waals surface area contributed by atoms with Crippen molar-refractivity contribution >= 4 is 33.9 Å². The molecule has 0 N–H and O–H groups in total. The number of nitrogens with zero attached hydrogens (tertiary/aromatic N) is 4. The lowest BCUT2D eigenvalue weighted by Crippen LogP contribution is -2.01. The predicted octanol–water partition coefficient (Wildman–Crippen LogP) is 5.31. The van der Waals surface area contributed by atoms with Gasteiger partial charge >= 0.3 is 0 Å². The zero-order chi connectivity index (χ0) is 20.7. The lowest BCUT2D eigenvalue weighted by Gasteiger charge is -2.13. The minimum Gasteiger partial charge on any atom is -0.497 e. The highest BCUT2D eigenvalue weighted by atomic mass is 35.5. The van der Waals surface area contributed by atoms with Crippen molar-refractivity contribution in [1.29, 1.82) is 0 Å². The number of fused-ring (bicyclic) bond motifs is 2. The summed E-state index contributed by atoms with van der Waals surface area (Å²) in [5, 5.41) is 0.591. The van der Waals surface area contributed by atoms with Gasteiger partial charge < -0.3 is 9.47 Å². The predicted molar refractivity (Wildman–Crippen MR) is 118 cm³/mol. The van der Waals surface area contributed by atoms with Crippen LogP contribution < -0.4 is 9.47 Å². The zero-order valence-electron chi connectivity index (χ0n) is 16.3. The lowest BCUT2D eigenvalue weighted by molar-refractivity contribution is 0.394. The fourth-order valence-electron chi connectivity index (χ4n) is 3.45. The third kappa shape index (κ3) is 3.02. The third-order valence-corrected chi connectivity index (χ3v) is 5.21. The van der Waals surface area contributed by atoms with Gasteiger partial charge in [-0.05, 0) is 24.3 Å². The first-order chi connectivity index (χ1) is 14.7. The normalized spacial score (nSPS) is 11.2. The summed E-state index contributed by atoms with van der Waals surface area (Å²) >= 11 is 6.52. The number of rotatable bonds is 4. The number of methoxy groups -OCH3 is 2. The molecule has 0 spiro atoms. The van der Waals surface area contributed by atoms with Crippen LogP contribution in [0.4, 0.5) is 0 Å². The molecule has 0 fully saturated rings. The number of imidazole rings is 1. The average molecular weight is 417 g/mol. The number of para-hydroxylation sites is 2. The van der Waals surface area contributed by atoms with Crippen molar-refractivity contribution in [2.75, 3.05) is 14.2 Å². The Morgan fingerprint density at radius 1 is 0.767 bits per heavy atom. The third-order valence-electron chi connectivity index (χ3n) is 4.88. The van der Waals surface area contributed by atoms with Crippen LogP contribution in [-0.4, -0.2) is 33.7 Å². The average Bonchev–Trinajstić information content (AvgIpc) is 3.15. The first-order valence-corrected chi connectivity index (χ1v) is 9.69. The second-order valence-corrected chi connectivity index (χ2v) is 7.09. The van der Waals surface area contributed by atoms with E-state index in [9.17, 15) is 0 Å². The maximum atomic E-state index is 6.52. The van der Waals surface area contributed by atoms with E-state index in [4.69, 9.17) is 36.0 Å². The molecule has 6 nitrogen and oxygen atoms in total. The Morgan fingerprint density at radius 3 is 2.07 bits per heavy atom. The van der Waals surface area contributed by atoms with Gasteiger partial charge in [-0.25, -0.2) is 15.0 Å². The van der Waals surface area contributed by atoms with Crippen LogP contribution in [0.2, 0.25) is 5.02 Å². The largest absolute Gasteiger partial charge is 0.497 e. The van der Waals surface area contributed by atoms with E-state index < -0.39 is 0 Å². The second kappa shape index (κ2) is 7.31. The van der Waals surface area contributed by atoms with E-state index in [1.807, 2.05) is 71.3 Å². The molecule has 2 aromatic heterocycles. The Kier molecular flexibility index (Phi) is 4.48. The molecule has 3 aromatic carbocycles. The first kappa shape index (κ1) is 18.4. The number of aromatic nitrogens is 4. The fourth-order valence-corrected chi connectivity index (χ4v) is 3.67. The summed E-state index contributed by atoms with van der Waals surface area (Å²) in [4.78, 5) is 14.4. The molecule has 0 amide bonds. The first-order valence-electron chi connectivity index (χ1n) is 9.31. The molecule has 0 bridgehead atoms. The monoisotopic (exact) mass is 416 g/mol. The van der Waals surface area contributed by atoms with Crippen molar-refractivity contribution in [3.63, 3.8) is 0 Å². The van der Waals surface area contributed by atoms with Crippen LogP contribution in [0.15, 0.2) is 66.7 Å². The second-order valence-electron chi connectivity index (χ2n) is 6.68. The van der Waals surface area contributed by atoms with E-state index in [1.165, 1.54) is 0 Å². The summed E-state index contributed by atoms with van der Waals surface area (Å²) in [6.45, 7) is 0. The Morgan fingerprint density at radius 2 is 1.40 bits per heavy atom. The van der Waals surface area contributed by atoms with Gasteiger partial charge in [0.25, 0.3) is 0 Å². The van der Waals surface area contributed by atoms with E-state index >= 15 is 0 Å². The van der Waals surface area contributed by atoms with Gasteiger partial charge in [-0.15, -0.1) is 0 Å². The Labute approximate surface area is 177 Å². The molecule has 0 saturated carbocycles. The van der Waals surface area contributed by atoms with Gasteiger partial charge in [0.05, 0.1) is 36.0 Å². The molecule has 0 aliphatic carbocycles. The molecule has 0 unspecified atom stereocenters. The van der Waals surface area contributed by atoms with Crippen molar-refractivity contribution in [3.8, 4) is 28.6 Å². The minimum absolute atomic E-state index is 0.533. The molecule has 2 heterocycles. The maximum absolute atomic E-state index is 6.52. The quantitative estimate of drug-likeness (QED) is 0.397. The van der Waals surface area contributed by atoms with Crippen molar-refractivity contribution in [2.24, 2.45) is 0 Å². The smallest absolute Gasteiger partial charge is 0.199 e. The van der Waals surface area contributed by atoms with E-state index in [0.717, 1.165) is 22.3 Å². The van der Waals surface area contributed by atoms with Crippen molar-refractivity contribution in [3.05, 3.63) is 71.8 Å².